The van der Waals surface area contributed by atoms with Crippen LogP contribution in [0.15, 0.2) is 65.3 Å². The third-order valence-electron chi connectivity index (χ3n) is 3.60. The van der Waals surface area contributed by atoms with Gasteiger partial charge in [-0.15, -0.1) is 0 Å². The van der Waals surface area contributed by atoms with E-state index in [0.717, 1.165) is 5.56 Å². The number of carbonyl (C=O) groups is 1. The maximum Gasteiger partial charge on any atom is 0.414 e. The molecule has 0 aliphatic heterocycles. The molecule has 0 fully saturated rings. The molecule has 1 atom stereocenters. The number of nitrogens with one attached hydrogen (secondary N) is 1. The van der Waals surface area contributed by atoms with Crippen LogP contribution < -0.4 is 5.32 Å². The molecule has 0 radical (unpaired) electrons. The lowest BCUT2D eigenvalue weighted by Gasteiger charge is -2.20. The summed E-state index contributed by atoms with van der Waals surface area (Å²) in [5.41, 5.74) is 1.08. The second kappa shape index (κ2) is 7.38. The quantitative estimate of drug-likeness (QED) is 0.753. The first-order valence-corrected chi connectivity index (χ1v) is 7.71. The molecule has 0 unspecified atom stereocenters. The summed E-state index contributed by atoms with van der Waals surface area (Å²) in [4.78, 5) is 15.8. The van der Waals surface area contributed by atoms with Gasteiger partial charge in [0, 0.05) is 18.7 Å². The Labute approximate surface area is 146 Å². The molecule has 1 N–H and O–H groups in total. The van der Waals surface area contributed by atoms with Crippen molar-refractivity contribution >= 4 is 5.91 Å². The summed E-state index contributed by atoms with van der Waals surface area (Å²) in [6.45, 7) is 0. The number of benzene rings is 1. The van der Waals surface area contributed by atoms with Gasteiger partial charge in [0.1, 0.15) is 0 Å². The van der Waals surface area contributed by atoms with E-state index in [9.17, 15) is 18.0 Å². The predicted octanol–water partition coefficient (Wildman–Crippen LogP) is 3.69. The first-order valence-electron chi connectivity index (χ1n) is 7.71. The van der Waals surface area contributed by atoms with Crippen LogP contribution >= 0.6 is 0 Å². The van der Waals surface area contributed by atoms with Gasteiger partial charge in [-0.2, -0.15) is 13.2 Å². The van der Waals surface area contributed by atoms with Gasteiger partial charge in [0.15, 0.2) is 6.04 Å². The van der Waals surface area contributed by atoms with Crippen molar-refractivity contribution in [3.63, 3.8) is 0 Å². The number of hydrogen-bond acceptors (Lipinski definition) is 4. The van der Waals surface area contributed by atoms with Crippen molar-refractivity contribution in [2.45, 2.75) is 18.6 Å². The number of amides is 1. The Hall–Kier alpha value is -3.16. The largest absolute Gasteiger partial charge is 0.414 e. The molecule has 0 saturated heterocycles. The van der Waals surface area contributed by atoms with Gasteiger partial charge in [0.25, 0.3) is 5.91 Å². The zero-order valence-electron chi connectivity index (χ0n) is 13.4. The molecule has 0 spiro atoms. The Balaban J connectivity index is 1.74. The summed E-state index contributed by atoms with van der Waals surface area (Å²) in [5, 5.41) is 5.65. The lowest BCUT2D eigenvalue weighted by atomic mass is 10.1. The molecule has 2 aromatic heterocycles. The Bertz CT molecular complexity index is 864. The topological polar surface area (TPSA) is 68.0 Å². The summed E-state index contributed by atoms with van der Waals surface area (Å²) in [6.07, 6.45) is -3.07. The van der Waals surface area contributed by atoms with Crippen LogP contribution in [0.2, 0.25) is 0 Å². The van der Waals surface area contributed by atoms with Gasteiger partial charge in [-0.3, -0.25) is 9.78 Å². The normalized spacial score (nSPS) is 12.6. The third-order valence-corrected chi connectivity index (χ3v) is 3.60. The minimum absolute atomic E-state index is 0.291. The second-order valence-electron chi connectivity index (χ2n) is 5.55. The van der Waals surface area contributed by atoms with Crippen molar-refractivity contribution in [1.29, 1.82) is 0 Å². The van der Waals surface area contributed by atoms with E-state index in [2.05, 4.69) is 10.1 Å². The van der Waals surface area contributed by atoms with E-state index in [1.165, 1.54) is 30.5 Å². The highest BCUT2D eigenvalue weighted by Crippen LogP contribution is 2.31. The highest BCUT2D eigenvalue weighted by Gasteiger charge is 2.43. The van der Waals surface area contributed by atoms with Crippen LogP contribution in [-0.2, 0) is 6.42 Å². The SMILES string of the molecule is O=C(N[C@@H](c1ccccn1)C(F)(F)F)c1cc(Cc2ccccc2)no1. The van der Waals surface area contributed by atoms with Gasteiger partial charge < -0.3 is 9.84 Å². The lowest BCUT2D eigenvalue weighted by molar-refractivity contribution is -0.156. The fourth-order valence-corrected chi connectivity index (χ4v) is 2.38. The summed E-state index contributed by atoms with van der Waals surface area (Å²) in [7, 11) is 0. The number of rotatable bonds is 5. The van der Waals surface area contributed by atoms with Gasteiger partial charge in [-0.05, 0) is 17.7 Å². The van der Waals surface area contributed by atoms with Crippen molar-refractivity contribution in [3.8, 4) is 0 Å². The molecule has 0 saturated carbocycles. The first-order chi connectivity index (χ1) is 12.4. The van der Waals surface area contributed by atoms with Gasteiger partial charge in [-0.1, -0.05) is 41.6 Å². The van der Waals surface area contributed by atoms with Crippen LogP contribution in [0.4, 0.5) is 13.2 Å². The Kier molecular flexibility index (Phi) is 5.01. The first kappa shape index (κ1) is 17.7. The van der Waals surface area contributed by atoms with E-state index in [4.69, 9.17) is 4.52 Å². The molecule has 1 amide bonds. The minimum Gasteiger partial charge on any atom is -0.351 e. The molecule has 0 aliphatic rings. The van der Waals surface area contributed by atoms with Gasteiger partial charge in [0.05, 0.1) is 11.4 Å². The summed E-state index contributed by atoms with van der Waals surface area (Å²) in [5.74, 6) is -1.30. The number of pyridine rings is 1. The Morgan fingerprint density at radius 3 is 2.50 bits per heavy atom. The number of aromatic nitrogens is 2. The summed E-state index contributed by atoms with van der Waals surface area (Å²) >= 11 is 0. The third kappa shape index (κ3) is 4.27. The molecule has 3 aromatic rings. The number of carbonyl (C=O) groups excluding carboxylic acids is 1. The van der Waals surface area contributed by atoms with Crippen LogP contribution in [0.5, 0.6) is 0 Å². The molecular weight excluding hydrogens is 347 g/mol. The summed E-state index contributed by atoms with van der Waals surface area (Å²) in [6, 6.07) is 12.5. The van der Waals surface area contributed by atoms with E-state index in [0.29, 0.717) is 12.1 Å². The average Bonchev–Trinajstić information content (AvgIpc) is 3.09. The Morgan fingerprint density at radius 1 is 1.12 bits per heavy atom. The van der Waals surface area contributed by atoms with Gasteiger partial charge in [0.2, 0.25) is 5.76 Å². The molecule has 8 heteroatoms. The highest BCUT2D eigenvalue weighted by molar-refractivity contribution is 5.91. The van der Waals surface area contributed by atoms with Crippen molar-refractivity contribution in [2.24, 2.45) is 0 Å². The maximum atomic E-state index is 13.3. The monoisotopic (exact) mass is 361 g/mol. The van der Waals surface area contributed by atoms with Crippen molar-refractivity contribution in [1.82, 2.24) is 15.5 Å². The lowest BCUT2D eigenvalue weighted by Crippen LogP contribution is -2.38. The Morgan fingerprint density at radius 2 is 1.85 bits per heavy atom. The smallest absolute Gasteiger partial charge is 0.351 e. The average molecular weight is 361 g/mol. The van der Waals surface area contributed by atoms with Crippen LogP contribution in [0.25, 0.3) is 0 Å². The van der Waals surface area contributed by atoms with E-state index < -0.39 is 18.1 Å². The van der Waals surface area contributed by atoms with Crippen LogP contribution in [-0.4, -0.2) is 22.2 Å². The fourth-order valence-electron chi connectivity index (χ4n) is 2.38. The molecule has 1 aromatic carbocycles. The van der Waals surface area contributed by atoms with Gasteiger partial charge >= 0.3 is 6.18 Å². The van der Waals surface area contributed by atoms with E-state index in [-0.39, 0.29) is 11.5 Å². The zero-order chi connectivity index (χ0) is 18.6. The number of halogens is 3. The van der Waals surface area contributed by atoms with Crippen molar-refractivity contribution < 1.29 is 22.5 Å². The van der Waals surface area contributed by atoms with E-state index >= 15 is 0 Å². The molecule has 5 nitrogen and oxygen atoms in total. The predicted molar refractivity (Wildman–Crippen MR) is 86.3 cm³/mol. The fraction of sp³-hybridized carbons (Fsp3) is 0.167. The zero-order valence-corrected chi connectivity index (χ0v) is 13.4. The highest BCUT2D eigenvalue weighted by atomic mass is 19.4. The van der Waals surface area contributed by atoms with Crippen LogP contribution in [0.3, 0.4) is 0 Å². The number of nitrogens with zero attached hydrogens (tertiary/aromatic N) is 2. The number of alkyl halides is 3. The second-order valence-corrected chi connectivity index (χ2v) is 5.55. The molecular formula is C18H14F3N3O2. The summed E-state index contributed by atoms with van der Waals surface area (Å²) < 4.78 is 44.7. The number of hydrogen-bond donors (Lipinski definition) is 1. The van der Waals surface area contributed by atoms with Crippen LogP contribution in [0, 0.1) is 0 Å². The van der Waals surface area contributed by atoms with Gasteiger partial charge in [-0.25, -0.2) is 0 Å². The molecule has 134 valence electrons. The minimum atomic E-state index is -4.70. The van der Waals surface area contributed by atoms with Crippen LogP contribution in [0.1, 0.15) is 33.5 Å². The molecule has 26 heavy (non-hydrogen) atoms. The molecule has 0 aliphatic carbocycles. The van der Waals surface area contributed by atoms with E-state index in [1.54, 1.807) is 0 Å². The van der Waals surface area contributed by atoms with Crippen molar-refractivity contribution in [3.05, 3.63) is 83.5 Å². The van der Waals surface area contributed by atoms with Crippen molar-refractivity contribution in [2.75, 3.05) is 0 Å². The molecule has 2 heterocycles. The molecule has 0 bridgehead atoms. The molecule has 3 rings (SSSR count). The van der Waals surface area contributed by atoms with E-state index in [1.807, 2.05) is 35.6 Å². The maximum absolute atomic E-state index is 13.3. The standard InChI is InChI=1S/C18H14F3N3O2/c19-18(20,21)16(14-8-4-5-9-22-14)23-17(25)15-11-13(24-26-15)10-12-6-2-1-3-7-12/h1-9,11,16H,10H2,(H,23,25)/t16-/m0/s1.